The van der Waals surface area contributed by atoms with Crippen LogP contribution in [-0.4, -0.2) is 16.2 Å². The number of fused-ring (bicyclic) bond motifs is 3. The van der Waals surface area contributed by atoms with Crippen LogP contribution in [0.3, 0.4) is 0 Å². The van der Waals surface area contributed by atoms with Crippen LogP contribution >= 0.6 is 23.1 Å². The molecule has 0 saturated carbocycles. The smallest absolute Gasteiger partial charge is 0.267 e. The fourth-order valence-corrected chi connectivity index (χ4v) is 6.67. The molecule has 4 aromatic rings. The topological polar surface area (TPSA) is 44.1 Å². The highest BCUT2D eigenvalue weighted by Crippen LogP contribution is 2.36. The highest BCUT2D eigenvalue weighted by Gasteiger charge is 2.23. The van der Waals surface area contributed by atoms with Crippen molar-refractivity contribution in [1.82, 2.24) is 9.55 Å². The fraction of sp³-hybridized carbons (Fsp3) is 0.308. The van der Waals surface area contributed by atoms with Gasteiger partial charge < -0.3 is 4.74 Å². The average molecular weight is 463 g/mol. The van der Waals surface area contributed by atoms with Gasteiger partial charge in [0, 0.05) is 10.6 Å². The monoisotopic (exact) mass is 462 g/mol. The molecule has 5 rings (SSSR count). The van der Waals surface area contributed by atoms with Crippen molar-refractivity contribution in [3.05, 3.63) is 80.5 Å². The lowest BCUT2D eigenvalue weighted by atomic mass is 9.97. The molecule has 0 spiro atoms. The molecule has 1 aliphatic rings. The van der Waals surface area contributed by atoms with Crippen LogP contribution in [0.15, 0.2) is 58.5 Å². The summed E-state index contributed by atoms with van der Waals surface area (Å²) in [4.78, 5) is 21.1. The zero-order valence-corrected chi connectivity index (χ0v) is 20.0. The van der Waals surface area contributed by atoms with Crippen molar-refractivity contribution in [2.24, 2.45) is 0 Å². The lowest BCUT2D eigenvalue weighted by molar-refractivity contribution is 0.340. The largest absolute Gasteiger partial charge is 0.494 e. The second-order valence-corrected chi connectivity index (χ2v) is 10.1. The quantitative estimate of drug-likeness (QED) is 0.248. The normalized spacial score (nSPS) is 13.3. The maximum Gasteiger partial charge on any atom is 0.267 e. The van der Waals surface area contributed by atoms with Crippen molar-refractivity contribution in [2.45, 2.75) is 50.4 Å². The predicted octanol–water partition coefficient (Wildman–Crippen LogP) is 6.33. The maximum absolute atomic E-state index is 13.9. The molecule has 0 aliphatic heterocycles. The molecule has 0 bridgehead atoms. The Morgan fingerprint density at radius 3 is 2.66 bits per heavy atom. The molecule has 32 heavy (non-hydrogen) atoms. The van der Waals surface area contributed by atoms with Gasteiger partial charge in [0.2, 0.25) is 0 Å². The Kier molecular flexibility index (Phi) is 6.07. The van der Waals surface area contributed by atoms with Crippen molar-refractivity contribution in [3.8, 4) is 11.4 Å². The van der Waals surface area contributed by atoms with Gasteiger partial charge in [-0.1, -0.05) is 36.0 Å². The molecule has 6 heteroatoms. The Morgan fingerprint density at radius 1 is 1.09 bits per heavy atom. The zero-order chi connectivity index (χ0) is 22.1. The van der Waals surface area contributed by atoms with Gasteiger partial charge in [-0.25, -0.2) is 4.98 Å². The molecule has 2 heterocycles. The SMILES string of the molecule is CCOc1ccc(-n2c(SCc3ccccc3C)nc3sc4c(c3c2=O)CCCC4)cc1. The molecular weight excluding hydrogens is 436 g/mol. The van der Waals surface area contributed by atoms with Crippen LogP contribution in [0.25, 0.3) is 15.9 Å². The molecule has 2 aromatic carbocycles. The van der Waals surface area contributed by atoms with E-state index in [0.29, 0.717) is 6.61 Å². The second-order valence-electron chi connectivity index (χ2n) is 8.07. The number of aryl methyl sites for hydroxylation is 3. The van der Waals surface area contributed by atoms with Crippen molar-refractivity contribution in [1.29, 1.82) is 0 Å². The molecule has 0 fully saturated rings. The van der Waals surface area contributed by atoms with Crippen molar-refractivity contribution in [3.63, 3.8) is 0 Å². The van der Waals surface area contributed by atoms with Crippen LogP contribution in [0.5, 0.6) is 5.75 Å². The third-order valence-electron chi connectivity index (χ3n) is 5.98. The van der Waals surface area contributed by atoms with Gasteiger partial charge in [0.1, 0.15) is 10.6 Å². The minimum atomic E-state index is 0.0471. The first-order valence-corrected chi connectivity index (χ1v) is 12.9. The summed E-state index contributed by atoms with van der Waals surface area (Å²) in [5.41, 5.74) is 4.61. The number of ether oxygens (including phenoxy) is 1. The molecule has 1 aliphatic carbocycles. The molecule has 0 N–H and O–H groups in total. The van der Waals surface area contributed by atoms with Gasteiger partial charge in [0.25, 0.3) is 5.56 Å². The van der Waals surface area contributed by atoms with E-state index in [4.69, 9.17) is 9.72 Å². The fourth-order valence-electron chi connectivity index (χ4n) is 4.28. The van der Waals surface area contributed by atoms with E-state index in [1.54, 1.807) is 27.7 Å². The maximum atomic E-state index is 13.9. The summed E-state index contributed by atoms with van der Waals surface area (Å²) in [5, 5.41) is 1.56. The Labute approximate surface area is 196 Å². The molecule has 2 aromatic heterocycles. The number of thiophene rings is 1. The third-order valence-corrected chi connectivity index (χ3v) is 8.16. The average Bonchev–Trinajstić information content (AvgIpc) is 3.18. The number of aromatic nitrogens is 2. The van der Waals surface area contributed by atoms with Gasteiger partial charge in [0.15, 0.2) is 5.16 Å². The van der Waals surface area contributed by atoms with Crippen LogP contribution in [0.2, 0.25) is 0 Å². The Hall–Kier alpha value is -2.57. The molecule has 164 valence electrons. The van der Waals surface area contributed by atoms with Gasteiger partial charge in [-0.05, 0) is 80.5 Å². The summed E-state index contributed by atoms with van der Waals surface area (Å²) in [7, 11) is 0. The van der Waals surface area contributed by atoms with E-state index in [1.165, 1.54) is 28.0 Å². The van der Waals surface area contributed by atoms with Crippen LogP contribution in [-0.2, 0) is 18.6 Å². The van der Waals surface area contributed by atoms with Gasteiger partial charge in [0.05, 0.1) is 17.7 Å². The second kappa shape index (κ2) is 9.12. The van der Waals surface area contributed by atoms with Gasteiger partial charge in [-0.3, -0.25) is 9.36 Å². The third kappa shape index (κ3) is 3.97. The predicted molar refractivity (Wildman–Crippen MR) is 134 cm³/mol. The van der Waals surface area contributed by atoms with Crippen molar-refractivity contribution >= 4 is 33.3 Å². The van der Waals surface area contributed by atoms with Crippen LogP contribution in [0.1, 0.15) is 41.3 Å². The molecule has 0 unspecified atom stereocenters. The molecule has 0 saturated heterocycles. The summed E-state index contributed by atoms with van der Waals surface area (Å²) < 4.78 is 7.40. The van der Waals surface area contributed by atoms with Gasteiger partial charge in [-0.15, -0.1) is 11.3 Å². The summed E-state index contributed by atoms with van der Waals surface area (Å²) in [6.45, 7) is 4.71. The van der Waals surface area contributed by atoms with E-state index in [1.807, 2.05) is 31.2 Å². The van der Waals surface area contributed by atoms with Crippen molar-refractivity contribution < 1.29 is 4.74 Å². The van der Waals surface area contributed by atoms with Crippen LogP contribution in [0, 0.1) is 6.92 Å². The molecule has 0 radical (unpaired) electrons. The van der Waals surface area contributed by atoms with Crippen molar-refractivity contribution in [2.75, 3.05) is 6.61 Å². The van der Waals surface area contributed by atoms with E-state index in [2.05, 4.69) is 31.2 Å². The van der Waals surface area contributed by atoms with E-state index in [9.17, 15) is 4.79 Å². The summed E-state index contributed by atoms with van der Waals surface area (Å²) in [5.74, 6) is 1.58. The lowest BCUT2D eigenvalue weighted by Gasteiger charge is -2.14. The number of benzene rings is 2. The standard InChI is InChI=1S/C26H26N2O2S2/c1-3-30-20-14-12-19(13-15-20)28-25(29)23-21-10-6-7-11-22(21)32-24(23)27-26(28)31-16-18-9-5-4-8-17(18)2/h4-5,8-9,12-15H,3,6-7,10-11,16H2,1-2H3. The zero-order valence-electron chi connectivity index (χ0n) is 18.4. The van der Waals surface area contributed by atoms with E-state index in [-0.39, 0.29) is 5.56 Å². The Balaban J connectivity index is 1.64. The minimum Gasteiger partial charge on any atom is -0.494 e. The molecular formula is C26H26N2O2S2. The number of thioether (sulfide) groups is 1. The van der Waals surface area contributed by atoms with Crippen LogP contribution in [0.4, 0.5) is 0 Å². The minimum absolute atomic E-state index is 0.0471. The lowest BCUT2D eigenvalue weighted by Crippen LogP contribution is -2.22. The Morgan fingerprint density at radius 2 is 1.88 bits per heavy atom. The molecule has 0 amide bonds. The molecule has 4 nitrogen and oxygen atoms in total. The number of nitrogens with zero attached hydrogens (tertiary/aromatic N) is 2. The number of rotatable bonds is 6. The highest BCUT2D eigenvalue weighted by atomic mass is 32.2. The number of hydrogen-bond acceptors (Lipinski definition) is 5. The first kappa shape index (κ1) is 21.3. The van der Waals surface area contributed by atoms with E-state index in [0.717, 1.165) is 51.8 Å². The first-order chi connectivity index (χ1) is 15.7. The summed E-state index contributed by atoms with van der Waals surface area (Å²) in [6.07, 6.45) is 4.38. The van der Waals surface area contributed by atoms with Gasteiger partial charge >= 0.3 is 0 Å². The number of hydrogen-bond donors (Lipinski definition) is 0. The van der Waals surface area contributed by atoms with Gasteiger partial charge in [-0.2, -0.15) is 0 Å². The Bertz CT molecular complexity index is 1320. The highest BCUT2D eigenvalue weighted by molar-refractivity contribution is 7.98. The first-order valence-electron chi connectivity index (χ1n) is 11.1. The van der Waals surface area contributed by atoms with Crippen LogP contribution < -0.4 is 10.3 Å². The van der Waals surface area contributed by atoms with E-state index < -0.39 is 0 Å². The van der Waals surface area contributed by atoms with E-state index >= 15 is 0 Å². The summed E-state index contributed by atoms with van der Waals surface area (Å²) in [6, 6.07) is 16.1. The molecule has 0 atom stereocenters. The summed E-state index contributed by atoms with van der Waals surface area (Å²) >= 11 is 3.33.